The molecule has 0 amide bonds. The van der Waals surface area contributed by atoms with Crippen LogP contribution in [0.2, 0.25) is 5.02 Å². The summed E-state index contributed by atoms with van der Waals surface area (Å²) in [6, 6.07) is 9.78. The van der Waals surface area contributed by atoms with Gasteiger partial charge in [0.05, 0.1) is 0 Å². The molecule has 0 aromatic heterocycles. The van der Waals surface area contributed by atoms with Gasteiger partial charge >= 0.3 is 0 Å². The van der Waals surface area contributed by atoms with Gasteiger partial charge in [0, 0.05) is 16.0 Å². The maximum Gasteiger partial charge on any atom is 0.128 e. The third-order valence-electron chi connectivity index (χ3n) is 3.04. The first-order valence-electron chi connectivity index (χ1n) is 6.39. The predicted molar refractivity (Wildman–Crippen MR) is 87.9 cm³/mol. The minimum absolute atomic E-state index is 0.711. The van der Waals surface area contributed by atoms with Crippen LogP contribution in [0.4, 0.5) is 0 Å². The van der Waals surface area contributed by atoms with E-state index in [1.807, 2.05) is 51.2 Å². The number of aryl methyl sites for hydroxylation is 2. The van der Waals surface area contributed by atoms with Gasteiger partial charge in [-0.2, -0.15) is 0 Å². The van der Waals surface area contributed by atoms with E-state index in [-0.39, 0.29) is 0 Å². The lowest BCUT2D eigenvalue weighted by Gasteiger charge is -2.11. The summed E-state index contributed by atoms with van der Waals surface area (Å²) in [6.07, 6.45) is 0. The van der Waals surface area contributed by atoms with E-state index in [1.54, 1.807) is 0 Å². The summed E-state index contributed by atoms with van der Waals surface area (Å²) in [4.78, 5) is 0. The number of nitrogens with one attached hydrogen (secondary N) is 1. The lowest BCUT2D eigenvalue weighted by atomic mass is 10.1. The van der Waals surface area contributed by atoms with Crippen LogP contribution in [0.3, 0.4) is 0 Å². The molecule has 0 saturated heterocycles. The number of halogens is 2. The van der Waals surface area contributed by atoms with E-state index in [1.165, 1.54) is 0 Å². The third-order valence-corrected chi connectivity index (χ3v) is 4.64. The van der Waals surface area contributed by atoms with Crippen molar-refractivity contribution < 1.29 is 4.74 Å². The molecule has 2 nitrogen and oxygen atoms in total. The van der Waals surface area contributed by atoms with Gasteiger partial charge in [0.2, 0.25) is 0 Å². The summed E-state index contributed by atoms with van der Waals surface area (Å²) in [6.45, 7) is 4.84. The highest BCUT2D eigenvalue weighted by molar-refractivity contribution is 9.10. The van der Waals surface area contributed by atoms with Crippen LogP contribution in [0.15, 0.2) is 34.8 Å². The van der Waals surface area contributed by atoms with Crippen molar-refractivity contribution in [3.63, 3.8) is 0 Å². The van der Waals surface area contributed by atoms with Crippen LogP contribution < -0.4 is 10.1 Å². The molecule has 0 aliphatic rings. The van der Waals surface area contributed by atoms with E-state index < -0.39 is 0 Å². The number of ether oxygens (including phenoxy) is 1. The van der Waals surface area contributed by atoms with E-state index in [9.17, 15) is 0 Å². The Labute approximate surface area is 133 Å². The molecule has 4 heteroatoms. The Bertz CT molecular complexity index is 605. The predicted octanol–water partition coefficient (Wildman–Crippen LogP) is 5.23. The number of hydrogen-bond donors (Lipinski definition) is 1. The molecule has 106 valence electrons. The summed E-state index contributed by atoms with van der Waals surface area (Å²) < 4.78 is 7.00. The van der Waals surface area contributed by atoms with Crippen molar-refractivity contribution in [2.24, 2.45) is 0 Å². The van der Waals surface area contributed by atoms with Crippen LogP contribution >= 0.6 is 27.5 Å². The van der Waals surface area contributed by atoms with Crippen molar-refractivity contribution in [3.05, 3.63) is 56.5 Å². The average Bonchev–Trinajstić information content (AvgIpc) is 2.39. The Balaban J connectivity index is 2.24. The van der Waals surface area contributed by atoms with Gasteiger partial charge in [-0.05, 0) is 61.9 Å². The molecule has 0 unspecified atom stereocenters. The number of rotatable bonds is 4. The summed E-state index contributed by atoms with van der Waals surface area (Å²) in [5.41, 5.74) is 3.36. The molecule has 0 saturated carbocycles. The average molecular weight is 355 g/mol. The fraction of sp³-hybridized carbons (Fsp3) is 0.250. The van der Waals surface area contributed by atoms with Gasteiger partial charge in [0.1, 0.15) is 11.5 Å². The number of benzene rings is 2. The lowest BCUT2D eigenvalue weighted by molar-refractivity contribution is 0.481. The minimum atomic E-state index is 0.711. The fourth-order valence-electron chi connectivity index (χ4n) is 2.03. The zero-order chi connectivity index (χ0) is 14.7. The highest BCUT2D eigenvalue weighted by Crippen LogP contribution is 2.31. The first-order chi connectivity index (χ1) is 9.51. The Hall–Kier alpha value is -1.03. The molecular weight excluding hydrogens is 338 g/mol. The molecule has 0 bridgehead atoms. The van der Waals surface area contributed by atoms with Crippen molar-refractivity contribution in [1.82, 2.24) is 5.32 Å². The first-order valence-corrected chi connectivity index (χ1v) is 7.56. The van der Waals surface area contributed by atoms with Gasteiger partial charge in [0.25, 0.3) is 0 Å². The second-order valence-corrected chi connectivity index (χ2v) is 5.96. The molecule has 0 radical (unpaired) electrons. The summed E-state index contributed by atoms with van der Waals surface area (Å²) in [5.74, 6) is 1.57. The van der Waals surface area contributed by atoms with E-state index in [0.717, 1.165) is 39.2 Å². The summed E-state index contributed by atoms with van der Waals surface area (Å²) >= 11 is 9.79. The molecular formula is C16H17BrClNO. The minimum Gasteiger partial charge on any atom is -0.457 e. The van der Waals surface area contributed by atoms with Crippen LogP contribution in [0.5, 0.6) is 11.5 Å². The maximum absolute atomic E-state index is 6.23. The smallest absolute Gasteiger partial charge is 0.128 e. The molecule has 0 aliphatic carbocycles. The molecule has 2 aromatic rings. The van der Waals surface area contributed by atoms with Gasteiger partial charge in [-0.3, -0.25) is 0 Å². The van der Waals surface area contributed by atoms with Gasteiger partial charge in [-0.1, -0.05) is 33.6 Å². The molecule has 2 aromatic carbocycles. The third kappa shape index (κ3) is 3.54. The standard InChI is InChI=1S/C16H17BrClNO/c1-10-6-14(7-11(2)16(10)17)20-13-5-4-12(9-19-3)15(18)8-13/h4-8,19H,9H2,1-3H3. The normalized spacial score (nSPS) is 10.7. The zero-order valence-corrected chi connectivity index (χ0v) is 14.1. The zero-order valence-electron chi connectivity index (χ0n) is 11.8. The van der Waals surface area contributed by atoms with Crippen molar-refractivity contribution in [3.8, 4) is 11.5 Å². The Morgan fingerprint density at radius 2 is 1.75 bits per heavy atom. The van der Waals surface area contributed by atoms with Crippen LogP contribution in [-0.4, -0.2) is 7.05 Å². The lowest BCUT2D eigenvalue weighted by Crippen LogP contribution is -2.05. The van der Waals surface area contributed by atoms with Gasteiger partial charge in [-0.25, -0.2) is 0 Å². The molecule has 0 spiro atoms. The Morgan fingerprint density at radius 3 is 2.30 bits per heavy atom. The van der Waals surface area contributed by atoms with E-state index in [4.69, 9.17) is 16.3 Å². The molecule has 1 N–H and O–H groups in total. The molecule has 0 heterocycles. The quantitative estimate of drug-likeness (QED) is 0.811. The monoisotopic (exact) mass is 353 g/mol. The molecule has 0 fully saturated rings. The number of hydrogen-bond acceptors (Lipinski definition) is 2. The largest absolute Gasteiger partial charge is 0.457 e. The van der Waals surface area contributed by atoms with Crippen LogP contribution in [0.1, 0.15) is 16.7 Å². The first kappa shape index (κ1) is 15.4. The molecule has 20 heavy (non-hydrogen) atoms. The summed E-state index contributed by atoms with van der Waals surface area (Å²) in [5, 5.41) is 3.80. The van der Waals surface area contributed by atoms with Crippen molar-refractivity contribution in [2.45, 2.75) is 20.4 Å². The van der Waals surface area contributed by atoms with Gasteiger partial charge < -0.3 is 10.1 Å². The Morgan fingerprint density at radius 1 is 1.10 bits per heavy atom. The van der Waals surface area contributed by atoms with E-state index in [0.29, 0.717) is 5.02 Å². The maximum atomic E-state index is 6.23. The Kier molecular flexibility index (Phi) is 5.08. The van der Waals surface area contributed by atoms with E-state index >= 15 is 0 Å². The van der Waals surface area contributed by atoms with Crippen LogP contribution in [0, 0.1) is 13.8 Å². The second-order valence-electron chi connectivity index (χ2n) is 4.76. The topological polar surface area (TPSA) is 21.3 Å². The summed E-state index contributed by atoms with van der Waals surface area (Å²) in [7, 11) is 1.90. The fourth-order valence-corrected chi connectivity index (χ4v) is 2.49. The van der Waals surface area contributed by atoms with Crippen molar-refractivity contribution >= 4 is 27.5 Å². The van der Waals surface area contributed by atoms with Crippen LogP contribution in [-0.2, 0) is 6.54 Å². The molecule has 0 atom stereocenters. The molecule has 2 rings (SSSR count). The highest BCUT2D eigenvalue weighted by Gasteiger charge is 2.06. The van der Waals surface area contributed by atoms with Crippen molar-refractivity contribution in [2.75, 3.05) is 7.05 Å². The SMILES string of the molecule is CNCc1ccc(Oc2cc(C)c(Br)c(C)c2)cc1Cl. The van der Waals surface area contributed by atoms with Gasteiger partial charge in [-0.15, -0.1) is 0 Å². The second kappa shape index (κ2) is 6.61. The van der Waals surface area contributed by atoms with Crippen molar-refractivity contribution in [1.29, 1.82) is 0 Å². The van der Waals surface area contributed by atoms with Crippen LogP contribution in [0.25, 0.3) is 0 Å². The highest BCUT2D eigenvalue weighted by atomic mass is 79.9. The van der Waals surface area contributed by atoms with E-state index in [2.05, 4.69) is 21.2 Å². The van der Waals surface area contributed by atoms with Gasteiger partial charge in [0.15, 0.2) is 0 Å². The molecule has 0 aliphatic heterocycles.